The Balaban J connectivity index is 1.09. The highest BCUT2D eigenvalue weighted by molar-refractivity contribution is 7.90. The zero-order valence-electron chi connectivity index (χ0n) is 31.8. The Hall–Kier alpha value is -6.00. The lowest BCUT2D eigenvalue weighted by molar-refractivity contribution is -0.137. The number of thiazole rings is 1. The summed E-state index contributed by atoms with van der Waals surface area (Å²) in [5, 5.41) is 17.2. The van der Waals surface area contributed by atoms with E-state index >= 15 is 0 Å². The lowest BCUT2D eigenvalue weighted by Gasteiger charge is -2.31. The number of sulfonamides is 1. The molecule has 4 aromatic heterocycles. The largest absolute Gasteiger partial charge is 0.481 e. The summed E-state index contributed by atoms with van der Waals surface area (Å²) in [6.45, 7) is 3.56. The smallest absolute Gasteiger partial charge is 0.303 e. The van der Waals surface area contributed by atoms with Gasteiger partial charge in [0.1, 0.15) is 16.4 Å². The minimum absolute atomic E-state index is 0.0971. The number of carboxylic acids is 1. The summed E-state index contributed by atoms with van der Waals surface area (Å²) in [6, 6.07) is 19.7. The van der Waals surface area contributed by atoms with E-state index < -0.39 is 21.9 Å². The van der Waals surface area contributed by atoms with Crippen molar-refractivity contribution in [1.82, 2.24) is 29.5 Å². The van der Waals surface area contributed by atoms with Gasteiger partial charge in [0.2, 0.25) is 0 Å². The van der Waals surface area contributed by atoms with E-state index in [1.807, 2.05) is 59.0 Å². The van der Waals surface area contributed by atoms with Crippen molar-refractivity contribution in [3.05, 3.63) is 113 Å². The number of amides is 2. The molecule has 0 radical (unpaired) electrons. The van der Waals surface area contributed by atoms with Gasteiger partial charge in [-0.3, -0.25) is 29.4 Å². The molecule has 2 aromatic carbocycles. The molecule has 1 saturated carbocycles. The van der Waals surface area contributed by atoms with Crippen LogP contribution in [0.3, 0.4) is 0 Å². The minimum atomic E-state index is -4.41. The zero-order valence-corrected chi connectivity index (χ0v) is 33.5. The average Bonchev–Trinajstić information content (AvgIpc) is 3.81. The molecule has 2 aliphatic rings. The molecule has 1 aliphatic carbocycles. The Morgan fingerprint density at radius 3 is 2.52 bits per heavy atom. The summed E-state index contributed by atoms with van der Waals surface area (Å²) in [4.78, 5) is 54.1. The molecule has 298 valence electrons. The van der Waals surface area contributed by atoms with Gasteiger partial charge in [-0.2, -0.15) is 5.10 Å². The number of aliphatic carboxylic acids is 1. The van der Waals surface area contributed by atoms with Gasteiger partial charge in [0.25, 0.3) is 21.8 Å². The van der Waals surface area contributed by atoms with Crippen molar-refractivity contribution < 1.29 is 27.9 Å². The van der Waals surface area contributed by atoms with Crippen LogP contribution in [0.25, 0.3) is 21.3 Å². The number of aromatic nitrogens is 5. The number of hydrogen-bond acceptors (Lipinski definition) is 11. The van der Waals surface area contributed by atoms with Crippen molar-refractivity contribution in [2.75, 3.05) is 16.8 Å². The number of carboxylic acid groups (broad SMARTS) is 1. The first-order chi connectivity index (χ1) is 28.0. The maximum absolute atomic E-state index is 14.2. The minimum Gasteiger partial charge on any atom is -0.481 e. The molecule has 0 spiro atoms. The molecule has 2 amide bonds. The molecule has 1 aliphatic heterocycles. The third-order valence-corrected chi connectivity index (χ3v) is 13.2. The van der Waals surface area contributed by atoms with E-state index in [1.165, 1.54) is 42.7 Å². The predicted octanol–water partition coefficient (Wildman–Crippen LogP) is 6.79. The van der Waals surface area contributed by atoms with E-state index in [9.17, 15) is 22.8 Å². The fourth-order valence-corrected chi connectivity index (χ4v) is 9.54. The van der Waals surface area contributed by atoms with Gasteiger partial charge in [-0.1, -0.05) is 54.9 Å². The Kier molecular flexibility index (Phi) is 11.0. The Labute approximate surface area is 339 Å². The van der Waals surface area contributed by atoms with Crippen LogP contribution in [0.1, 0.15) is 81.9 Å². The van der Waals surface area contributed by atoms with E-state index in [4.69, 9.17) is 15.2 Å². The summed E-state index contributed by atoms with van der Waals surface area (Å²) in [5.41, 5.74) is 5.41. The molecule has 0 atom stereocenters. The lowest BCUT2D eigenvalue weighted by Crippen LogP contribution is -2.34. The average molecular weight is 819 g/mol. The molecule has 6 aromatic rings. The Morgan fingerprint density at radius 2 is 1.74 bits per heavy atom. The number of nitrogens with one attached hydrogen (secondary N) is 2. The number of fused-ring (bicyclic) bond motifs is 2. The van der Waals surface area contributed by atoms with Crippen molar-refractivity contribution in [2.24, 2.45) is 5.92 Å². The molecule has 16 heteroatoms. The molecular formula is C42H42N8O6S2. The number of hydrogen-bond donors (Lipinski definition) is 3. The monoisotopic (exact) mass is 818 g/mol. The normalized spacial score (nSPS) is 14.6. The van der Waals surface area contributed by atoms with E-state index in [2.05, 4.69) is 20.0 Å². The third kappa shape index (κ3) is 8.34. The fourth-order valence-electron chi connectivity index (χ4n) is 7.79. The first-order valence-electron chi connectivity index (χ1n) is 19.3. The molecule has 58 heavy (non-hydrogen) atoms. The summed E-state index contributed by atoms with van der Waals surface area (Å²) in [5.74, 6) is -1.26. The van der Waals surface area contributed by atoms with Crippen molar-refractivity contribution >= 4 is 60.3 Å². The molecule has 0 saturated heterocycles. The lowest BCUT2D eigenvalue weighted by atomic mass is 9.89. The van der Waals surface area contributed by atoms with Gasteiger partial charge in [0.15, 0.2) is 5.13 Å². The summed E-state index contributed by atoms with van der Waals surface area (Å²) in [7, 11) is -4.41. The first-order valence-corrected chi connectivity index (χ1v) is 21.6. The number of benzene rings is 2. The van der Waals surface area contributed by atoms with Gasteiger partial charge in [-0.05, 0) is 85.7 Å². The second-order valence-electron chi connectivity index (χ2n) is 14.8. The summed E-state index contributed by atoms with van der Waals surface area (Å²) < 4.78 is 32.3. The quantitative estimate of drug-likeness (QED) is 0.118. The third-order valence-electron chi connectivity index (χ3n) is 10.9. The molecular weight excluding hydrogens is 777 g/mol. The number of rotatable bonds is 12. The number of anilines is 2. The van der Waals surface area contributed by atoms with Crippen LogP contribution in [-0.4, -0.2) is 62.6 Å². The van der Waals surface area contributed by atoms with Crippen LogP contribution in [0.4, 0.5) is 10.9 Å². The number of aryl methyl sites for hydroxylation is 1. The van der Waals surface area contributed by atoms with Crippen LogP contribution < -0.4 is 14.9 Å². The summed E-state index contributed by atoms with van der Waals surface area (Å²) in [6.07, 6.45) is 9.29. The highest BCUT2D eigenvalue weighted by atomic mass is 32.2. The fraction of sp³-hybridized carbons (Fsp3) is 0.310. The van der Waals surface area contributed by atoms with E-state index in [1.54, 1.807) is 18.3 Å². The number of carbonyl (C=O) groups is 3. The van der Waals surface area contributed by atoms with Gasteiger partial charge >= 0.3 is 5.97 Å². The summed E-state index contributed by atoms with van der Waals surface area (Å²) >= 11 is 1.40. The second-order valence-corrected chi connectivity index (χ2v) is 17.5. The van der Waals surface area contributed by atoms with Gasteiger partial charge < -0.3 is 10.0 Å². The number of para-hydroxylation sites is 1. The Morgan fingerprint density at radius 1 is 0.914 bits per heavy atom. The highest BCUT2D eigenvalue weighted by Gasteiger charge is 2.28. The SMILES string of the molecule is Cc1c(-c2ccc(N3CCc4cccc(C(=O)Nc5nc6ccccc6s5)c4C3)nc2C(=O)NS(=O)(=O)c2ccc(CCC(=O)O)nc2)cnn1CC1CCCCC1. The molecule has 0 bridgehead atoms. The molecule has 0 unspecified atom stereocenters. The van der Waals surface area contributed by atoms with Gasteiger partial charge in [0, 0.05) is 60.3 Å². The molecule has 14 nitrogen and oxygen atoms in total. The van der Waals surface area contributed by atoms with E-state index in [-0.39, 0.29) is 29.3 Å². The number of carbonyl (C=O) groups excluding carboxylic acids is 2. The van der Waals surface area contributed by atoms with Crippen molar-refractivity contribution in [2.45, 2.75) is 76.3 Å². The molecule has 5 heterocycles. The van der Waals surface area contributed by atoms with Crippen LogP contribution >= 0.6 is 11.3 Å². The van der Waals surface area contributed by atoms with E-state index in [0.29, 0.717) is 58.8 Å². The van der Waals surface area contributed by atoms with Crippen LogP contribution in [0.5, 0.6) is 0 Å². The van der Waals surface area contributed by atoms with Crippen molar-refractivity contribution in [3.63, 3.8) is 0 Å². The van der Waals surface area contributed by atoms with Gasteiger partial charge in [0.05, 0.1) is 22.8 Å². The maximum atomic E-state index is 14.2. The predicted molar refractivity (Wildman–Crippen MR) is 220 cm³/mol. The zero-order chi connectivity index (χ0) is 40.4. The molecule has 1 fully saturated rings. The van der Waals surface area contributed by atoms with Crippen LogP contribution in [0.2, 0.25) is 0 Å². The van der Waals surface area contributed by atoms with Crippen LogP contribution in [0, 0.1) is 12.8 Å². The van der Waals surface area contributed by atoms with Crippen LogP contribution in [0.15, 0.2) is 84.0 Å². The number of pyridine rings is 2. The van der Waals surface area contributed by atoms with Crippen LogP contribution in [-0.2, 0) is 40.7 Å². The molecule has 8 rings (SSSR count). The van der Waals surface area contributed by atoms with Crippen molar-refractivity contribution in [3.8, 4) is 11.1 Å². The standard InChI is InChI=1S/C42H42N8O6S2/c1-26-33(23-44-50(26)24-27-8-3-2-4-9-27)31-17-18-37(46-39(31)41(54)48-58(55,56)30-16-14-29(43-22-30)15-19-38(51)52)49-21-20-28-10-7-11-32(34(28)25-49)40(53)47-42-45-35-12-5-6-13-36(35)57-42/h5-7,10-14,16-18,22-23,27H,2-4,8-9,15,19-21,24-25H2,1H3,(H,48,54)(H,51,52)(H,45,47,53). The van der Waals surface area contributed by atoms with Gasteiger partial charge in [-0.25, -0.2) is 23.1 Å². The van der Waals surface area contributed by atoms with E-state index in [0.717, 1.165) is 52.6 Å². The van der Waals surface area contributed by atoms with Gasteiger partial charge in [-0.15, -0.1) is 0 Å². The first kappa shape index (κ1) is 38.9. The number of nitrogens with zero attached hydrogens (tertiary/aromatic N) is 6. The van der Waals surface area contributed by atoms with Crippen molar-refractivity contribution in [1.29, 1.82) is 0 Å². The second kappa shape index (κ2) is 16.5. The maximum Gasteiger partial charge on any atom is 0.303 e. The topological polar surface area (TPSA) is 189 Å². The Bertz CT molecular complexity index is 2600. The molecule has 3 N–H and O–H groups in total. The highest BCUT2D eigenvalue weighted by Crippen LogP contribution is 2.33.